The van der Waals surface area contributed by atoms with E-state index in [1.54, 1.807) is 24.7 Å². The maximum atomic E-state index is 12.5. The van der Waals surface area contributed by atoms with E-state index >= 15 is 0 Å². The van der Waals surface area contributed by atoms with E-state index in [1.807, 2.05) is 6.92 Å². The van der Waals surface area contributed by atoms with Gasteiger partial charge in [0.2, 0.25) is 0 Å². The number of carbonyl (C=O) groups excluding carboxylic acids is 1. The lowest BCUT2D eigenvalue weighted by molar-refractivity contribution is 0.0312. The first-order valence-corrected chi connectivity index (χ1v) is 7.16. The van der Waals surface area contributed by atoms with Crippen molar-refractivity contribution in [1.29, 1.82) is 0 Å². The fraction of sp³-hybridized carbons (Fsp3) is 0.400. The molecule has 22 heavy (non-hydrogen) atoms. The third kappa shape index (κ3) is 2.94. The highest BCUT2D eigenvalue weighted by molar-refractivity contribution is 5.92. The van der Waals surface area contributed by atoms with Gasteiger partial charge in [-0.25, -0.2) is 15.0 Å². The molecule has 0 radical (unpaired) electrons. The molecule has 7 nitrogen and oxygen atoms in total. The summed E-state index contributed by atoms with van der Waals surface area (Å²) in [6.45, 7) is 2.93. The number of carbonyl (C=O) groups is 1. The molecule has 0 bridgehead atoms. The molecule has 2 aromatic rings. The van der Waals surface area contributed by atoms with Gasteiger partial charge in [-0.05, 0) is 13.0 Å². The Bertz CT molecular complexity index is 639. The molecular formula is C15H17N5O2. The van der Waals surface area contributed by atoms with Gasteiger partial charge in [-0.2, -0.15) is 0 Å². The Hall–Kier alpha value is -2.41. The third-order valence-corrected chi connectivity index (χ3v) is 3.71. The Labute approximate surface area is 128 Å². The van der Waals surface area contributed by atoms with Crippen molar-refractivity contribution in [3.63, 3.8) is 0 Å². The lowest BCUT2D eigenvalue weighted by Crippen LogP contribution is -2.50. The fourth-order valence-corrected chi connectivity index (χ4v) is 2.46. The van der Waals surface area contributed by atoms with Crippen LogP contribution in [0.5, 0.6) is 0 Å². The van der Waals surface area contributed by atoms with E-state index in [0.29, 0.717) is 31.9 Å². The smallest absolute Gasteiger partial charge is 0.272 e. The third-order valence-electron chi connectivity index (χ3n) is 3.71. The van der Waals surface area contributed by atoms with Gasteiger partial charge in [0.15, 0.2) is 5.82 Å². The van der Waals surface area contributed by atoms with Crippen LogP contribution in [0, 0.1) is 6.92 Å². The molecule has 3 heterocycles. The van der Waals surface area contributed by atoms with Gasteiger partial charge in [-0.1, -0.05) is 0 Å². The Morgan fingerprint density at radius 1 is 1.14 bits per heavy atom. The first kappa shape index (κ1) is 14.5. The number of aromatic nitrogens is 4. The van der Waals surface area contributed by atoms with Crippen LogP contribution >= 0.6 is 0 Å². The minimum atomic E-state index is -0.622. The van der Waals surface area contributed by atoms with Crippen LogP contribution < -0.4 is 5.32 Å². The van der Waals surface area contributed by atoms with E-state index in [-0.39, 0.29) is 11.6 Å². The molecule has 1 fully saturated rings. The number of ether oxygens (including phenoxy) is 1. The summed E-state index contributed by atoms with van der Waals surface area (Å²) >= 11 is 0. The quantitative estimate of drug-likeness (QED) is 0.909. The van der Waals surface area contributed by atoms with Crippen LogP contribution in [-0.4, -0.2) is 39.1 Å². The van der Waals surface area contributed by atoms with Gasteiger partial charge in [0, 0.05) is 44.6 Å². The number of nitrogens with zero attached hydrogens (tertiary/aromatic N) is 4. The van der Waals surface area contributed by atoms with Gasteiger partial charge < -0.3 is 10.1 Å². The van der Waals surface area contributed by atoms with Crippen molar-refractivity contribution in [3.8, 4) is 0 Å². The summed E-state index contributed by atoms with van der Waals surface area (Å²) in [6.07, 6.45) is 7.66. The molecule has 1 N–H and O–H groups in total. The van der Waals surface area contributed by atoms with Crippen molar-refractivity contribution in [2.45, 2.75) is 25.3 Å². The highest BCUT2D eigenvalue weighted by Gasteiger charge is 2.39. The Morgan fingerprint density at radius 3 is 2.50 bits per heavy atom. The largest absolute Gasteiger partial charge is 0.381 e. The van der Waals surface area contributed by atoms with Crippen LogP contribution in [0.1, 0.15) is 34.8 Å². The topological polar surface area (TPSA) is 89.9 Å². The summed E-state index contributed by atoms with van der Waals surface area (Å²) in [5.74, 6) is 0.327. The van der Waals surface area contributed by atoms with E-state index in [0.717, 1.165) is 5.69 Å². The summed E-state index contributed by atoms with van der Waals surface area (Å²) < 4.78 is 5.41. The van der Waals surface area contributed by atoms with Gasteiger partial charge in [0.25, 0.3) is 5.91 Å². The van der Waals surface area contributed by atoms with Crippen LogP contribution in [0.25, 0.3) is 0 Å². The van der Waals surface area contributed by atoms with Crippen LogP contribution in [0.2, 0.25) is 0 Å². The summed E-state index contributed by atoms with van der Waals surface area (Å²) in [4.78, 5) is 29.4. The van der Waals surface area contributed by atoms with Crippen LogP contribution in [0.4, 0.5) is 0 Å². The number of hydrogen-bond donors (Lipinski definition) is 1. The van der Waals surface area contributed by atoms with Crippen molar-refractivity contribution in [3.05, 3.63) is 48.1 Å². The molecule has 1 aliphatic rings. The molecule has 7 heteroatoms. The maximum Gasteiger partial charge on any atom is 0.272 e. The van der Waals surface area contributed by atoms with Gasteiger partial charge in [-0.15, -0.1) is 0 Å². The van der Waals surface area contributed by atoms with Gasteiger partial charge in [0.1, 0.15) is 11.2 Å². The minimum absolute atomic E-state index is 0.276. The van der Waals surface area contributed by atoms with E-state index in [2.05, 4.69) is 25.3 Å². The van der Waals surface area contributed by atoms with E-state index in [9.17, 15) is 4.79 Å². The second-order valence-electron chi connectivity index (χ2n) is 5.26. The maximum absolute atomic E-state index is 12.5. The van der Waals surface area contributed by atoms with Crippen LogP contribution in [0.15, 0.2) is 30.9 Å². The summed E-state index contributed by atoms with van der Waals surface area (Å²) in [7, 11) is 0. The fourth-order valence-electron chi connectivity index (χ4n) is 2.46. The summed E-state index contributed by atoms with van der Waals surface area (Å²) in [5.41, 5.74) is 0.430. The van der Waals surface area contributed by atoms with Gasteiger partial charge in [0.05, 0.1) is 11.9 Å². The molecule has 1 aliphatic heterocycles. The first-order chi connectivity index (χ1) is 10.7. The number of amides is 1. The zero-order chi connectivity index (χ0) is 15.4. The summed E-state index contributed by atoms with van der Waals surface area (Å²) in [6, 6.07) is 1.75. The number of aryl methyl sites for hydroxylation is 1. The molecule has 0 saturated carbocycles. The molecule has 0 atom stereocenters. The van der Waals surface area contributed by atoms with Crippen molar-refractivity contribution >= 4 is 5.91 Å². The number of rotatable bonds is 3. The highest BCUT2D eigenvalue weighted by atomic mass is 16.5. The molecule has 0 spiro atoms. The Kier molecular flexibility index (Phi) is 4.06. The minimum Gasteiger partial charge on any atom is -0.381 e. The van der Waals surface area contributed by atoms with E-state index < -0.39 is 5.54 Å². The Balaban J connectivity index is 1.87. The standard InChI is InChI=1S/C15H17N5O2/c1-11-9-19-12(10-18-11)13(21)20-15(3-7-22-8-4-15)14-16-5-2-6-17-14/h2,5-6,9-10H,3-4,7-8H2,1H3,(H,20,21). The summed E-state index contributed by atoms with van der Waals surface area (Å²) in [5, 5.41) is 3.04. The molecule has 0 aliphatic carbocycles. The van der Waals surface area contributed by atoms with Crippen molar-refractivity contribution in [2.24, 2.45) is 0 Å². The van der Waals surface area contributed by atoms with E-state index in [1.165, 1.54) is 6.20 Å². The average molecular weight is 299 g/mol. The second kappa shape index (κ2) is 6.15. The van der Waals surface area contributed by atoms with Gasteiger partial charge in [-0.3, -0.25) is 9.78 Å². The van der Waals surface area contributed by atoms with Gasteiger partial charge >= 0.3 is 0 Å². The van der Waals surface area contributed by atoms with Crippen molar-refractivity contribution in [1.82, 2.24) is 25.3 Å². The van der Waals surface area contributed by atoms with Crippen LogP contribution in [-0.2, 0) is 10.3 Å². The predicted molar refractivity (Wildman–Crippen MR) is 78.0 cm³/mol. The molecule has 1 saturated heterocycles. The lowest BCUT2D eigenvalue weighted by atomic mass is 9.88. The molecule has 3 rings (SSSR count). The first-order valence-electron chi connectivity index (χ1n) is 7.16. The molecule has 0 aromatic carbocycles. The average Bonchev–Trinajstić information content (AvgIpc) is 2.57. The molecule has 2 aromatic heterocycles. The zero-order valence-corrected chi connectivity index (χ0v) is 12.3. The van der Waals surface area contributed by atoms with Crippen molar-refractivity contribution in [2.75, 3.05) is 13.2 Å². The van der Waals surface area contributed by atoms with Crippen LogP contribution in [0.3, 0.4) is 0 Å². The Morgan fingerprint density at radius 2 is 1.86 bits per heavy atom. The SMILES string of the molecule is Cc1cnc(C(=O)NC2(c3ncccn3)CCOCC2)cn1. The van der Waals surface area contributed by atoms with Crippen molar-refractivity contribution < 1.29 is 9.53 Å². The predicted octanol–water partition coefficient (Wildman–Crippen LogP) is 1.01. The molecule has 0 unspecified atom stereocenters. The molecule has 1 amide bonds. The molecule has 114 valence electrons. The lowest BCUT2D eigenvalue weighted by Gasteiger charge is -2.36. The molecular weight excluding hydrogens is 282 g/mol. The van der Waals surface area contributed by atoms with E-state index in [4.69, 9.17) is 4.74 Å². The second-order valence-corrected chi connectivity index (χ2v) is 5.26. The number of hydrogen-bond acceptors (Lipinski definition) is 6. The monoisotopic (exact) mass is 299 g/mol. The zero-order valence-electron chi connectivity index (χ0n) is 12.3. The highest BCUT2D eigenvalue weighted by Crippen LogP contribution is 2.29. The normalized spacial score (nSPS) is 17.0. The number of nitrogens with one attached hydrogen (secondary N) is 1.